The van der Waals surface area contributed by atoms with Crippen LogP contribution in [0.3, 0.4) is 0 Å². The Morgan fingerprint density at radius 3 is 2.25 bits per heavy atom. The Kier molecular flexibility index (Phi) is 4.71. The van der Waals surface area contributed by atoms with E-state index in [1.165, 1.54) is 43.6 Å². The first-order chi connectivity index (χ1) is 9.67. The Hall–Kier alpha value is -0.0900. The summed E-state index contributed by atoms with van der Waals surface area (Å²) in [6.07, 6.45) is 6.63. The van der Waals surface area contributed by atoms with E-state index in [1.807, 2.05) is 6.07 Å². The molecule has 2 aliphatic rings. The topological polar surface area (TPSA) is 29.3 Å². The van der Waals surface area contributed by atoms with Crippen LogP contribution in [-0.4, -0.2) is 24.0 Å². The highest BCUT2D eigenvalue weighted by Gasteiger charge is 2.35. The van der Waals surface area contributed by atoms with Gasteiger partial charge in [-0.15, -0.1) is 11.3 Å². The molecule has 4 heteroatoms. The van der Waals surface area contributed by atoms with Gasteiger partial charge in [0.1, 0.15) is 0 Å². The second-order valence-corrected chi connectivity index (χ2v) is 8.25. The van der Waals surface area contributed by atoms with Gasteiger partial charge in [0.05, 0.1) is 10.4 Å². The molecule has 2 saturated carbocycles. The average Bonchev–Trinajstić information content (AvgIpc) is 3.34. The van der Waals surface area contributed by atoms with Crippen LogP contribution < -0.4 is 5.73 Å². The molecule has 2 fully saturated rings. The molecule has 2 atom stereocenters. The maximum absolute atomic E-state index is 6.47. The van der Waals surface area contributed by atoms with Crippen molar-refractivity contribution in [2.24, 2.45) is 17.6 Å². The van der Waals surface area contributed by atoms with Crippen LogP contribution in [-0.2, 0) is 0 Å². The largest absolute Gasteiger partial charge is 0.326 e. The number of hydrogen-bond donors (Lipinski definition) is 1. The fraction of sp³-hybridized carbons (Fsp3) is 0.750. The summed E-state index contributed by atoms with van der Waals surface area (Å²) in [5.74, 6) is 1.83. The normalized spacial score (nSPS) is 22.2. The molecule has 1 aromatic heterocycles. The highest BCUT2D eigenvalue weighted by molar-refractivity contribution is 7.16. The third kappa shape index (κ3) is 3.76. The van der Waals surface area contributed by atoms with Gasteiger partial charge in [-0.1, -0.05) is 18.5 Å². The molecule has 1 heterocycles. The third-order valence-corrected chi connectivity index (χ3v) is 5.84. The summed E-state index contributed by atoms with van der Waals surface area (Å²) in [4.78, 5) is 4.02. The summed E-state index contributed by atoms with van der Waals surface area (Å²) in [5, 5.41) is 0. The van der Waals surface area contributed by atoms with Gasteiger partial charge in [0.15, 0.2) is 0 Å². The molecule has 2 N–H and O–H groups in total. The van der Waals surface area contributed by atoms with E-state index in [0.717, 1.165) is 22.6 Å². The molecule has 0 radical (unpaired) electrons. The zero-order chi connectivity index (χ0) is 14.1. The molecule has 0 saturated heterocycles. The van der Waals surface area contributed by atoms with E-state index in [4.69, 9.17) is 17.3 Å². The van der Waals surface area contributed by atoms with E-state index in [0.29, 0.717) is 6.04 Å². The molecule has 0 aliphatic heterocycles. The van der Waals surface area contributed by atoms with Crippen LogP contribution in [0.5, 0.6) is 0 Å². The van der Waals surface area contributed by atoms with E-state index in [-0.39, 0.29) is 6.04 Å². The van der Waals surface area contributed by atoms with Crippen molar-refractivity contribution in [2.75, 3.05) is 13.1 Å². The number of rotatable bonds is 8. The summed E-state index contributed by atoms with van der Waals surface area (Å²) in [5.41, 5.74) is 6.47. The zero-order valence-electron chi connectivity index (χ0n) is 12.2. The lowest BCUT2D eigenvalue weighted by Gasteiger charge is -2.35. The van der Waals surface area contributed by atoms with Crippen molar-refractivity contribution < 1.29 is 0 Å². The van der Waals surface area contributed by atoms with Crippen molar-refractivity contribution in [2.45, 2.75) is 51.1 Å². The maximum Gasteiger partial charge on any atom is 0.0931 e. The second kappa shape index (κ2) is 6.35. The Balaban J connectivity index is 1.79. The van der Waals surface area contributed by atoms with E-state index in [1.54, 1.807) is 11.3 Å². The fourth-order valence-electron chi connectivity index (χ4n) is 2.94. The Bertz CT molecular complexity index is 425. The van der Waals surface area contributed by atoms with Crippen molar-refractivity contribution in [3.05, 3.63) is 21.3 Å². The molecule has 2 nitrogen and oxygen atoms in total. The van der Waals surface area contributed by atoms with Gasteiger partial charge >= 0.3 is 0 Å². The van der Waals surface area contributed by atoms with Crippen molar-refractivity contribution >= 4 is 22.9 Å². The monoisotopic (exact) mass is 312 g/mol. The van der Waals surface area contributed by atoms with E-state index < -0.39 is 0 Å². The van der Waals surface area contributed by atoms with Gasteiger partial charge in [-0.25, -0.2) is 0 Å². The molecule has 112 valence electrons. The molecular weight excluding hydrogens is 288 g/mol. The fourth-order valence-corrected chi connectivity index (χ4v) is 4.21. The molecule has 3 rings (SSSR count). The Labute approximate surface area is 131 Å². The highest BCUT2D eigenvalue weighted by Crippen LogP contribution is 2.40. The van der Waals surface area contributed by atoms with Crippen LogP contribution in [0.25, 0.3) is 0 Å². The van der Waals surface area contributed by atoms with E-state index >= 15 is 0 Å². The Morgan fingerprint density at radius 1 is 1.25 bits per heavy atom. The van der Waals surface area contributed by atoms with Crippen LogP contribution in [0.4, 0.5) is 0 Å². The molecule has 0 aromatic carbocycles. The number of thiophene rings is 1. The standard InChI is InChI=1S/C16H25ClN2S/c1-2-13(18)16(14-7-8-15(17)20-14)19(9-11-3-4-11)10-12-5-6-12/h7-8,11-13,16H,2-6,9-10,18H2,1H3. The quantitative estimate of drug-likeness (QED) is 0.775. The van der Waals surface area contributed by atoms with Gasteiger partial charge in [-0.05, 0) is 56.1 Å². The predicted octanol–water partition coefficient (Wildman–Crippen LogP) is 4.30. The lowest BCUT2D eigenvalue weighted by molar-refractivity contribution is 0.157. The van der Waals surface area contributed by atoms with Gasteiger partial charge in [-0.2, -0.15) is 0 Å². The van der Waals surface area contributed by atoms with Crippen LogP contribution in [0.1, 0.15) is 49.9 Å². The van der Waals surface area contributed by atoms with Crippen LogP contribution in [0.15, 0.2) is 12.1 Å². The van der Waals surface area contributed by atoms with Crippen molar-refractivity contribution in [1.29, 1.82) is 0 Å². The minimum absolute atomic E-state index is 0.210. The van der Waals surface area contributed by atoms with Crippen molar-refractivity contribution in [1.82, 2.24) is 4.90 Å². The summed E-state index contributed by atoms with van der Waals surface area (Å²) < 4.78 is 0.881. The van der Waals surface area contributed by atoms with Crippen LogP contribution >= 0.6 is 22.9 Å². The second-order valence-electron chi connectivity index (χ2n) is 6.50. The first-order valence-electron chi connectivity index (χ1n) is 7.92. The zero-order valence-corrected chi connectivity index (χ0v) is 13.8. The molecule has 2 unspecified atom stereocenters. The minimum Gasteiger partial charge on any atom is -0.326 e. The first kappa shape index (κ1) is 14.8. The van der Waals surface area contributed by atoms with Crippen molar-refractivity contribution in [3.8, 4) is 0 Å². The summed E-state index contributed by atoms with van der Waals surface area (Å²) in [6.45, 7) is 4.65. The van der Waals surface area contributed by atoms with Gasteiger partial charge in [0.2, 0.25) is 0 Å². The van der Waals surface area contributed by atoms with Gasteiger partial charge in [-0.3, -0.25) is 4.90 Å². The third-order valence-electron chi connectivity index (χ3n) is 4.54. The predicted molar refractivity (Wildman–Crippen MR) is 87.4 cm³/mol. The molecular formula is C16H25ClN2S. The molecule has 0 bridgehead atoms. The number of halogens is 1. The SMILES string of the molecule is CCC(N)C(c1ccc(Cl)s1)N(CC1CC1)CC1CC1. The van der Waals surface area contributed by atoms with E-state index in [2.05, 4.69) is 17.9 Å². The smallest absolute Gasteiger partial charge is 0.0931 e. The van der Waals surface area contributed by atoms with Gasteiger partial charge < -0.3 is 5.73 Å². The lowest BCUT2D eigenvalue weighted by atomic mass is 10.0. The lowest BCUT2D eigenvalue weighted by Crippen LogP contribution is -2.42. The highest BCUT2D eigenvalue weighted by atomic mass is 35.5. The summed E-state index contributed by atoms with van der Waals surface area (Å²) in [7, 11) is 0. The number of nitrogens with two attached hydrogens (primary N) is 1. The first-order valence-corrected chi connectivity index (χ1v) is 9.11. The van der Waals surface area contributed by atoms with Gasteiger partial charge in [0, 0.05) is 24.0 Å². The molecule has 1 aromatic rings. The van der Waals surface area contributed by atoms with Gasteiger partial charge in [0.25, 0.3) is 0 Å². The maximum atomic E-state index is 6.47. The summed E-state index contributed by atoms with van der Waals surface area (Å²) >= 11 is 7.86. The average molecular weight is 313 g/mol. The minimum atomic E-state index is 0.210. The number of hydrogen-bond acceptors (Lipinski definition) is 3. The number of nitrogens with zero attached hydrogens (tertiary/aromatic N) is 1. The molecule has 0 amide bonds. The van der Waals surface area contributed by atoms with Crippen LogP contribution in [0.2, 0.25) is 4.34 Å². The molecule has 0 spiro atoms. The Morgan fingerprint density at radius 2 is 1.85 bits per heavy atom. The molecule has 2 aliphatic carbocycles. The summed E-state index contributed by atoms with van der Waals surface area (Å²) in [6, 6.07) is 4.77. The molecule has 20 heavy (non-hydrogen) atoms. The van der Waals surface area contributed by atoms with Crippen molar-refractivity contribution in [3.63, 3.8) is 0 Å². The van der Waals surface area contributed by atoms with Crippen LogP contribution in [0, 0.1) is 11.8 Å². The van der Waals surface area contributed by atoms with E-state index in [9.17, 15) is 0 Å².